The van der Waals surface area contributed by atoms with Crippen molar-refractivity contribution in [1.29, 1.82) is 5.26 Å². The van der Waals surface area contributed by atoms with Crippen molar-refractivity contribution in [3.05, 3.63) is 53.6 Å². The molecule has 10 heteroatoms. The van der Waals surface area contributed by atoms with E-state index < -0.39 is 0 Å². The molecule has 0 aliphatic carbocycles. The number of para-hydroxylation sites is 1. The molecule has 1 N–H and O–H groups in total. The van der Waals surface area contributed by atoms with Crippen LogP contribution in [-0.4, -0.2) is 37.6 Å². The van der Waals surface area contributed by atoms with Gasteiger partial charge in [0, 0.05) is 9.92 Å². The molecule has 0 spiro atoms. The number of aromatic nitrogens is 4. The number of nitriles is 1. The van der Waals surface area contributed by atoms with E-state index in [1.54, 1.807) is 35.0 Å². The molecule has 0 unspecified atom stereocenters. The summed E-state index contributed by atoms with van der Waals surface area (Å²) in [7, 11) is 0. The lowest BCUT2D eigenvalue weighted by Crippen LogP contribution is -2.15. The zero-order valence-electron chi connectivity index (χ0n) is 13.9. The highest BCUT2D eigenvalue weighted by Crippen LogP contribution is 2.27. The highest BCUT2D eigenvalue weighted by molar-refractivity contribution is 8.00. The minimum absolute atomic E-state index is 0.144. The Kier molecular flexibility index (Phi) is 6.70. The molecule has 1 amide bonds. The van der Waals surface area contributed by atoms with Gasteiger partial charge in [-0.1, -0.05) is 35.5 Å². The topological polar surface area (TPSA) is 96.5 Å². The van der Waals surface area contributed by atoms with Crippen molar-refractivity contribution in [3.8, 4) is 11.8 Å². The third kappa shape index (κ3) is 5.23. The monoisotopic (exact) mass is 416 g/mol. The van der Waals surface area contributed by atoms with Crippen LogP contribution in [0.1, 0.15) is 0 Å². The number of anilines is 1. The fourth-order valence-electron chi connectivity index (χ4n) is 2.14. The largest absolute Gasteiger partial charge is 0.324 e. The number of rotatable bonds is 7. The molecule has 0 fully saturated rings. The van der Waals surface area contributed by atoms with E-state index in [4.69, 9.17) is 16.9 Å². The van der Waals surface area contributed by atoms with Crippen LogP contribution in [-0.2, 0) is 4.79 Å². The second-order valence-corrected chi connectivity index (χ2v) is 7.53. The van der Waals surface area contributed by atoms with Gasteiger partial charge in [0.1, 0.15) is 0 Å². The Labute approximate surface area is 169 Å². The molecule has 0 radical (unpaired) electrons. The van der Waals surface area contributed by atoms with Crippen molar-refractivity contribution in [3.63, 3.8) is 0 Å². The predicted octanol–water partition coefficient (Wildman–Crippen LogP) is 3.66. The summed E-state index contributed by atoms with van der Waals surface area (Å²) >= 11 is 8.50. The van der Waals surface area contributed by atoms with E-state index in [-0.39, 0.29) is 11.7 Å². The van der Waals surface area contributed by atoms with E-state index in [1.807, 2.05) is 18.2 Å². The van der Waals surface area contributed by atoms with Gasteiger partial charge in [-0.05, 0) is 46.8 Å². The van der Waals surface area contributed by atoms with Gasteiger partial charge < -0.3 is 5.32 Å². The van der Waals surface area contributed by atoms with E-state index in [0.717, 1.165) is 10.6 Å². The molecule has 3 rings (SSSR count). The van der Waals surface area contributed by atoms with Gasteiger partial charge in [0.2, 0.25) is 11.1 Å². The van der Waals surface area contributed by atoms with Crippen LogP contribution in [0.25, 0.3) is 5.69 Å². The number of nitrogens with zero attached hydrogens (tertiary/aromatic N) is 5. The first-order valence-electron chi connectivity index (χ1n) is 7.73. The van der Waals surface area contributed by atoms with Gasteiger partial charge >= 0.3 is 0 Å². The minimum Gasteiger partial charge on any atom is -0.324 e. The molecular weight excluding hydrogens is 404 g/mol. The molecule has 0 saturated heterocycles. The summed E-state index contributed by atoms with van der Waals surface area (Å²) in [6.07, 6.45) is 0. The van der Waals surface area contributed by atoms with Gasteiger partial charge in [-0.15, -0.1) is 16.9 Å². The smallest absolute Gasteiger partial charge is 0.234 e. The minimum atomic E-state index is -0.185. The van der Waals surface area contributed by atoms with Crippen molar-refractivity contribution in [1.82, 2.24) is 20.2 Å². The highest BCUT2D eigenvalue weighted by atomic mass is 35.5. The molecule has 0 aliphatic rings. The molecular formula is C17H13ClN6OS2. The van der Waals surface area contributed by atoms with Crippen LogP contribution < -0.4 is 5.32 Å². The van der Waals surface area contributed by atoms with Gasteiger partial charge in [-0.2, -0.15) is 9.94 Å². The van der Waals surface area contributed by atoms with Crippen LogP contribution in [0.15, 0.2) is 58.6 Å². The first-order chi connectivity index (χ1) is 13.2. The van der Waals surface area contributed by atoms with Gasteiger partial charge in [-0.3, -0.25) is 4.79 Å². The number of nitrogens with one attached hydrogen (secondary N) is 1. The Hall–Kier alpha value is -2.54. The normalized spacial score (nSPS) is 10.4. The van der Waals surface area contributed by atoms with Crippen LogP contribution in [0.4, 0.5) is 5.69 Å². The summed E-state index contributed by atoms with van der Waals surface area (Å²) in [6, 6.07) is 16.5. The molecule has 1 aromatic heterocycles. The van der Waals surface area contributed by atoms with Crippen LogP contribution in [0, 0.1) is 11.3 Å². The maximum Gasteiger partial charge on any atom is 0.234 e. The summed E-state index contributed by atoms with van der Waals surface area (Å²) in [4.78, 5) is 13.2. The number of halogens is 1. The molecule has 1 heterocycles. The highest BCUT2D eigenvalue weighted by Gasteiger charge is 2.13. The fraction of sp³-hybridized carbons (Fsp3) is 0.118. The van der Waals surface area contributed by atoms with Crippen molar-refractivity contribution in [2.75, 3.05) is 16.8 Å². The standard InChI is InChI=1S/C17H13ClN6OS2/c18-12-5-7-13(8-6-12)24-17(21-22-23-24)27-11-16(25)20-14-3-1-2-4-15(14)26-10-9-19/h1-8H,10-11H2,(H,20,25). The molecule has 136 valence electrons. The molecule has 27 heavy (non-hydrogen) atoms. The lowest BCUT2D eigenvalue weighted by Gasteiger charge is -2.09. The summed E-state index contributed by atoms with van der Waals surface area (Å²) in [5, 5.41) is 24.3. The summed E-state index contributed by atoms with van der Waals surface area (Å²) in [5.74, 6) is 0.276. The molecule has 7 nitrogen and oxygen atoms in total. The number of amides is 1. The third-order valence-electron chi connectivity index (χ3n) is 3.30. The van der Waals surface area contributed by atoms with E-state index >= 15 is 0 Å². The molecule has 0 saturated carbocycles. The summed E-state index contributed by atoms with van der Waals surface area (Å²) < 4.78 is 1.55. The van der Waals surface area contributed by atoms with Crippen LogP contribution in [0.5, 0.6) is 0 Å². The Morgan fingerprint density at radius 3 is 2.74 bits per heavy atom. The second kappa shape index (κ2) is 9.41. The average Bonchev–Trinajstić information content (AvgIpc) is 3.15. The van der Waals surface area contributed by atoms with Crippen LogP contribution in [0.3, 0.4) is 0 Å². The number of benzene rings is 2. The fourth-order valence-corrected chi connectivity index (χ4v) is 3.62. The Balaban J connectivity index is 1.63. The molecule has 2 aromatic carbocycles. The van der Waals surface area contributed by atoms with Gasteiger partial charge in [0.25, 0.3) is 0 Å². The first-order valence-corrected chi connectivity index (χ1v) is 10.1. The number of carbonyl (C=O) groups excluding carboxylic acids is 1. The molecule has 3 aromatic rings. The SMILES string of the molecule is N#CCSc1ccccc1NC(=O)CSc1nnnn1-c1ccc(Cl)cc1. The zero-order valence-corrected chi connectivity index (χ0v) is 16.3. The van der Waals surface area contributed by atoms with Gasteiger partial charge in [0.05, 0.1) is 28.9 Å². The Morgan fingerprint density at radius 1 is 1.19 bits per heavy atom. The lowest BCUT2D eigenvalue weighted by molar-refractivity contribution is -0.113. The molecule has 0 bridgehead atoms. The molecule has 0 atom stereocenters. The van der Waals surface area contributed by atoms with E-state index in [0.29, 0.717) is 21.6 Å². The quantitative estimate of drug-likeness (QED) is 0.587. The summed E-state index contributed by atoms with van der Waals surface area (Å²) in [6.45, 7) is 0. The predicted molar refractivity (Wildman–Crippen MR) is 106 cm³/mol. The van der Waals surface area contributed by atoms with Crippen molar-refractivity contribution >= 4 is 46.7 Å². The van der Waals surface area contributed by atoms with Gasteiger partial charge in [-0.25, -0.2) is 0 Å². The number of tetrazole rings is 1. The maximum absolute atomic E-state index is 12.3. The van der Waals surface area contributed by atoms with Crippen LogP contribution in [0.2, 0.25) is 5.02 Å². The average molecular weight is 417 g/mol. The number of hydrogen-bond donors (Lipinski definition) is 1. The second-order valence-electron chi connectivity index (χ2n) is 5.13. The Bertz CT molecular complexity index is 970. The Morgan fingerprint density at radius 2 is 1.96 bits per heavy atom. The maximum atomic E-state index is 12.3. The first kappa shape index (κ1) is 19.2. The zero-order chi connectivity index (χ0) is 19.1. The molecule has 0 aliphatic heterocycles. The number of hydrogen-bond acceptors (Lipinski definition) is 7. The van der Waals surface area contributed by atoms with Crippen molar-refractivity contribution < 1.29 is 4.79 Å². The number of carbonyl (C=O) groups is 1. The van der Waals surface area contributed by atoms with Crippen molar-refractivity contribution in [2.24, 2.45) is 0 Å². The lowest BCUT2D eigenvalue weighted by atomic mass is 10.3. The third-order valence-corrected chi connectivity index (χ3v) is 5.41. The number of thioether (sulfide) groups is 2. The van der Waals surface area contributed by atoms with E-state index in [1.165, 1.54) is 23.5 Å². The van der Waals surface area contributed by atoms with E-state index in [2.05, 4.69) is 26.9 Å². The summed E-state index contributed by atoms with van der Waals surface area (Å²) in [5.41, 5.74) is 1.44. The van der Waals surface area contributed by atoms with Gasteiger partial charge in [0.15, 0.2) is 0 Å². The van der Waals surface area contributed by atoms with E-state index in [9.17, 15) is 4.79 Å². The van der Waals surface area contributed by atoms with Crippen LogP contribution >= 0.6 is 35.1 Å². The van der Waals surface area contributed by atoms with Crippen molar-refractivity contribution in [2.45, 2.75) is 10.1 Å².